The number of aliphatic hydroxyl groups is 1. The number of fused-ring (bicyclic) bond motifs is 1. The highest BCUT2D eigenvalue weighted by Gasteiger charge is 2.38. The van der Waals surface area contributed by atoms with Crippen LogP contribution in [0.1, 0.15) is 36.7 Å². The molecule has 0 saturated carbocycles. The smallest absolute Gasteiger partial charge is 0.253 e. The molecule has 0 unspecified atom stereocenters. The van der Waals surface area contributed by atoms with Crippen molar-refractivity contribution in [3.05, 3.63) is 65.5 Å². The molecule has 0 fully saturated rings. The van der Waals surface area contributed by atoms with Crippen LogP contribution in [0.2, 0.25) is 0 Å². The zero-order chi connectivity index (χ0) is 25.0. The molecule has 1 aliphatic rings. The number of likely N-dealkylation sites (N-methyl/N-ethyl adjacent to an activating group) is 1. The van der Waals surface area contributed by atoms with Gasteiger partial charge in [0.1, 0.15) is 22.6 Å². The standard InChI is InChI=1S/C25H31FN2O5S/c1-5-6-19-7-12-24-22(13-19)33-23(17(2)14-28(18(3)16-29)34(24,31)32)15-27(4)25(30)20-8-10-21(26)11-9-20/h5-13,17-18,23,29H,14-16H2,1-4H3/b6-5+/t17-,18-,23-/m0/s1. The van der Waals surface area contributed by atoms with Gasteiger partial charge in [0.25, 0.3) is 5.91 Å². The lowest BCUT2D eigenvalue weighted by Gasteiger charge is -2.37. The highest BCUT2D eigenvalue weighted by molar-refractivity contribution is 7.89. The molecule has 0 bridgehead atoms. The number of allylic oxidation sites excluding steroid dienone is 1. The third-order valence-corrected chi connectivity index (χ3v) is 7.96. The molecule has 0 saturated heterocycles. The van der Waals surface area contributed by atoms with Gasteiger partial charge in [-0.05, 0) is 55.8 Å². The van der Waals surface area contributed by atoms with Crippen LogP contribution in [-0.4, -0.2) is 67.5 Å². The fraction of sp³-hybridized carbons (Fsp3) is 0.400. The zero-order valence-corrected chi connectivity index (χ0v) is 20.6. The van der Waals surface area contributed by atoms with E-state index in [9.17, 15) is 22.7 Å². The maximum Gasteiger partial charge on any atom is 0.253 e. The van der Waals surface area contributed by atoms with Crippen LogP contribution in [0.25, 0.3) is 6.08 Å². The van der Waals surface area contributed by atoms with Gasteiger partial charge in [0, 0.05) is 31.1 Å². The minimum atomic E-state index is -3.93. The molecule has 0 spiro atoms. The molecular formula is C25H31FN2O5S. The van der Waals surface area contributed by atoms with Crippen LogP contribution in [0.4, 0.5) is 4.39 Å². The summed E-state index contributed by atoms with van der Waals surface area (Å²) in [5.74, 6) is -0.825. The summed E-state index contributed by atoms with van der Waals surface area (Å²) in [5, 5.41) is 9.73. The summed E-state index contributed by atoms with van der Waals surface area (Å²) in [4.78, 5) is 14.4. The number of aliphatic hydroxyl groups excluding tert-OH is 1. The van der Waals surface area contributed by atoms with Gasteiger partial charge < -0.3 is 14.7 Å². The highest BCUT2D eigenvalue weighted by atomic mass is 32.2. The average molecular weight is 491 g/mol. The fourth-order valence-corrected chi connectivity index (χ4v) is 5.75. The van der Waals surface area contributed by atoms with E-state index in [0.717, 1.165) is 5.56 Å². The summed E-state index contributed by atoms with van der Waals surface area (Å²) < 4.78 is 47.7. The molecule has 2 aromatic carbocycles. The van der Waals surface area contributed by atoms with Crippen molar-refractivity contribution in [1.82, 2.24) is 9.21 Å². The van der Waals surface area contributed by atoms with Gasteiger partial charge >= 0.3 is 0 Å². The van der Waals surface area contributed by atoms with Crippen molar-refractivity contribution >= 4 is 22.0 Å². The number of benzene rings is 2. The van der Waals surface area contributed by atoms with Gasteiger partial charge in [-0.25, -0.2) is 12.8 Å². The number of amides is 1. The molecule has 1 aliphatic heterocycles. The number of ether oxygens (including phenoxy) is 1. The second-order valence-corrected chi connectivity index (χ2v) is 10.5. The lowest BCUT2D eigenvalue weighted by atomic mass is 10.0. The van der Waals surface area contributed by atoms with E-state index < -0.39 is 28.0 Å². The highest BCUT2D eigenvalue weighted by Crippen LogP contribution is 2.34. The van der Waals surface area contributed by atoms with E-state index in [0.29, 0.717) is 5.56 Å². The third-order valence-electron chi connectivity index (χ3n) is 5.94. The van der Waals surface area contributed by atoms with Crippen molar-refractivity contribution in [1.29, 1.82) is 0 Å². The molecule has 2 aromatic rings. The number of hydrogen-bond donors (Lipinski definition) is 1. The Morgan fingerprint density at radius 3 is 2.59 bits per heavy atom. The Bertz CT molecular complexity index is 1150. The van der Waals surface area contributed by atoms with Crippen molar-refractivity contribution in [3.63, 3.8) is 0 Å². The second-order valence-electron chi connectivity index (χ2n) is 8.64. The SMILES string of the molecule is C/C=C/c1ccc2c(c1)O[C@@H](CN(C)C(=O)c1ccc(F)cc1)[C@@H](C)CN([C@@H](C)CO)S2(=O)=O. The normalized spacial score (nSPS) is 21.2. The minimum Gasteiger partial charge on any atom is -0.487 e. The summed E-state index contributed by atoms with van der Waals surface area (Å²) in [6.45, 7) is 5.34. The molecule has 1 heterocycles. The lowest BCUT2D eigenvalue weighted by Crippen LogP contribution is -2.50. The Morgan fingerprint density at radius 1 is 1.29 bits per heavy atom. The predicted octanol–water partition coefficient (Wildman–Crippen LogP) is 3.40. The maximum absolute atomic E-state index is 13.5. The van der Waals surface area contributed by atoms with Gasteiger partial charge in [-0.15, -0.1) is 0 Å². The van der Waals surface area contributed by atoms with Crippen LogP contribution in [-0.2, 0) is 10.0 Å². The lowest BCUT2D eigenvalue weighted by molar-refractivity contribution is 0.0563. The van der Waals surface area contributed by atoms with Gasteiger partial charge in [-0.2, -0.15) is 4.31 Å². The molecule has 0 radical (unpaired) electrons. The van der Waals surface area contributed by atoms with Gasteiger partial charge in [0.2, 0.25) is 10.0 Å². The molecule has 3 rings (SSSR count). The molecule has 7 nitrogen and oxygen atoms in total. The van der Waals surface area contributed by atoms with Crippen LogP contribution < -0.4 is 4.74 Å². The topological polar surface area (TPSA) is 87.2 Å². The van der Waals surface area contributed by atoms with Gasteiger partial charge in [-0.1, -0.05) is 25.1 Å². The summed E-state index contributed by atoms with van der Waals surface area (Å²) in [6, 6.07) is 9.55. The van der Waals surface area contributed by atoms with E-state index >= 15 is 0 Å². The Kier molecular flexibility index (Phi) is 8.12. The first kappa shape index (κ1) is 25.9. The summed E-state index contributed by atoms with van der Waals surface area (Å²) >= 11 is 0. The van der Waals surface area contributed by atoms with Crippen molar-refractivity contribution in [2.45, 2.75) is 37.8 Å². The number of rotatable bonds is 6. The first-order valence-electron chi connectivity index (χ1n) is 11.2. The van der Waals surface area contributed by atoms with Crippen molar-refractivity contribution in [2.75, 3.05) is 26.7 Å². The van der Waals surface area contributed by atoms with E-state index in [1.54, 1.807) is 26.1 Å². The summed E-state index contributed by atoms with van der Waals surface area (Å²) in [6.07, 6.45) is 3.15. The zero-order valence-electron chi connectivity index (χ0n) is 19.8. The minimum absolute atomic E-state index is 0.0190. The van der Waals surface area contributed by atoms with Crippen LogP contribution in [0.3, 0.4) is 0 Å². The van der Waals surface area contributed by atoms with Gasteiger partial charge in [-0.3, -0.25) is 4.79 Å². The van der Waals surface area contributed by atoms with Crippen LogP contribution in [0.5, 0.6) is 5.75 Å². The van der Waals surface area contributed by atoms with E-state index in [1.165, 1.54) is 39.5 Å². The van der Waals surface area contributed by atoms with E-state index in [-0.39, 0.29) is 42.2 Å². The van der Waals surface area contributed by atoms with Crippen LogP contribution >= 0.6 is 0 Å². The van der Waals surface area contributed by atoms with Gasteiger partial charge in [0.15, 0.2) is 0 Å². The fourth-order valence-electron chi connectivity index (χ4n) is 3.92. The largest absolute Gasteiger partial charge is 0.487 e. The van der Waals surface area contributed by atoms with Crippen molar-refractivity contribution in [2.24, 2.45) is 5.92 Å². The van der Waals surface area contributed by atoms with E-state index in [2.05, 4.69) is 0 Å². The first-order chi connectivity index (χ1) is 16.1. The molecule has 0 aliphatic carbocycles. The van der Waals surface area contributed by atoms with E-state index in [4.69, 9.17) is 4.74 Å². The quantitative estimate of drug-likeness (QED) is 0.671. The Labute approximate surface area is 200 Å². The van der Waals surface area contributed by atoms with Crippen molar-refractivity contribution < 1.29 is 27.4 Å². The molecular weight excluding hydrogens is 459 g/mol. The third kappa shape index (κ3) is 5.48. The van der Waals surface area contributed by atoms with Crippen molar-refractivity contribution in [3.8, 4) is 5.75 Å². The molecule has 34 heavy (non-hydrogen) atoms. The number of carbonyl (C=O) groups is 1. The number of carbonyl (C=O) groups excluding carboxylic acids is 1. The number of halogens is 1. The van der Waals surface area contributed by atoms with Crippen LogP contribution in [0, 0.1) is 11.7 Å². The van der Waals surface area contributed by atoms with Crippen LogP contribution in [0.15, 0.2) is 53.4 Å². The second kappa shape index (κ2) is 10.7. The molecule has 1 amide bonds. The Morgan fingerprint density at radius 2 is 1.97 bits per heavy atom. The summed E-state index contributed by atoms with van der Waals surface area (Å²) in [5.41, 5.74) is 1.12. The molecule has 1 N–H and O–H groups in total. The average Bonchev–Trinajstić information content (AvgIpc) is 2.81. The number of sulfonamides is 1. The number of nitrogens with zero attached hydrogens (tertiary/aromatic N) is 2. The monoisotopic (exact) mass is 490 g/mol. The maximum atomic E-state index is 13.5. The van der Waals surface area contributed by atoms with E-state index in [1.807, 2.05) is 26.0 Å². The van der Waals surface area contributed by atoms with Gasteiger partial charge in [0.05, 0.1) is 13.2 Å². The first-order valence-corrected chi connectivity index (χ1v) is 12.6. The molecule has 184 valence electrons. The Balaban J connectivity index is 1.99. The summed E-state index contributed by atoms with van der Waals surface area (Å²) in [7, 11) is -2.30. The Hall–Kier alpha value is -2.75. The number of hydrogen-bond acceptors (Lipinski definition) is 5. The predicted molar refractivity (Wildman–Crippen MR) is 129 cm³/mol. The molecule has 0 aromatic heterocycles. The molecule has 9 heteroatoms. The molecule has 3 atom stereocenters.